The first-order valence-corrected chi connectivity index (χ1v) is 28.6. The van der Waals surface area contributed by atoms with E-state index in [4.69, 9.17) is 16.6 Å². The van der Waals surface area contributed by atoms with Crippen molar-refractivity contribution in [1.29, 1.82) is 0 Å². The highest BCUT2D eigenvalue weighted by Gasteiger charge is 2.34. The Balaban J connectivity index is 0.737. The van der Waals surface area contributed by atoms with Crippen molar-refractivity contribution in [3.63, 3.8) is 0 Å². The lowest BCUT2D eigenvalue weighted by atomic mass is 9.93. The van der Waals surface area contributed by atoms with Gasteiger partial charge in [-0.3, -0.25) is 24.0 Å². The molecule has 2 saturated heterocycles. The highest BCUT2D eigenvalue weighted by atomic mass is 35.5. The van der Waals surface area contributed by atoms with E-state index < -0.39 is 25.9 Å². The zero-order valence-corrected chi connectivity index (χ0v) is 44.2. The van der Waals surface area contributed by atoms with E-state index in [2.05, 4.69) is 56.7 Å². The molecule has 0 spiro atoms. The van der Waals surface area contributed by atoms with Crippen LogP contribution in [0.3, 0.4) is 0 Å². The van der Waals surface area contributed by atoms with Gasteiger partial charge in [-0.05, 0) is 138 Å². The summed E-state index contributed by atoms with van der Waals surface area (Å²) in [6.07, 6.45) is -0.215. The quantitative estimate of drug-likeness (QED) is 0.0724. The van der Waals surface area contributed by atoms with E-state index in [1.54, 1.807) is 55.0 Å². The molecular weight excluding hydrogens is 992 g/mol. The van der Waals surface area contributed by atoms with Gasteiger partial charge in [0, 0.05) is 81.9 Å². The number of benzene rings is 3. The molecule has 3 aliphatic rings. The standard InChI is InChI=1S/C54H61ClF3N10O3PS/c1-34-35(2)73-53-50(34)51(38-11-13-39(55)14-12-38)62-46(52-64-63-36(3)68(52)53)31-48(69)60-25-19-37-20-28-66(29-21-37)49(70)32-65-26-22-41(23-27-65)61-45-9-6-10-47-44(45)30-42(67(47)33-54(56,57)58)8-7-24-59-40-15-17-43(18-16-40)72(4,5)71/h6,9-18,30,37,41,46,59,61H,19-29,31-33H2,1-5H3,(H,60,69)/t46-/m0/s1. The third kappa shape index (κ3) is 12.2. The monoisotopic (exact) mass is 1050 g/mol. The topological polar surface area (TPSA) is 142 Å². The minimum absolute atomic E-state index is 0.0810. The van der Waals surface area contributed by atoms with Gasteiger partial charge in [-0.1, -0.05) is 35.7 Å². The lowest BCUT2D eigenvalue weighted by Gasteiger charge is -2.36. The van der Waals surface area contributed by atoms with E-state index in [9.17, 15) is 27.3 Å². The Labute approximate surface area is 433 Å². The summed E-state index contributed by atoms with van der Waals surface area (Å²) < 4.78 is 57.3. The molecule has 0 aliphatic carbocycles. The van der Waals surface area contributed by atoms with Gasteiger partial charge in [0.2, 0.25) is 11.8 Å². The number of aromatic nitrogens is 4. The maximum absolute atomic E-state index is 13.9. The average Bonchev–Trinajstić information content (AvgIpc) is 3.97. The van der Waals surface area contributed by atoms with E-state index in [1.807, 2.05) is 58.9 Å². The Morgan fingerprint density at radius 3 is 2.36 bits per heavy atom. The number of carbonyl (C=O) groups excluding carboxylic acids is 2. The number of nitrogens with zero attached hydrogens (tertiary/aromatic N) is 7. The lowest BCUT2D eigenvalue weighted by molar-refractivity contribution is -0.140. The summed E-state index contributed by atoms with van der Waals surface area (Å²) in [4.78, 5) is 37.7. The number of likely N-dealkylation sites (tertiary alicyclic amines) is 2. The molecule has 0 radical (unpaired) electrons. The number of aliphatic imine (C=N–C) groups is 1. The van der Waals surface area contributed by atoms with Gasteiger partial charge in [-0.2, -0.15) is 13.2 Å². The van der Waals surface area contributed by atoms with Crippen molar-refractivity contribution in [3.05, 3.63) is 117 Å². The van der Waals surface area contributed by atoms with Crippen LogP contribution < -0.4 is 21.3 Å². The van der Waals surface area contributed by atoms with Crippen LogP contribution in [0.5, 0.6) is 0 Å². The van der Waals surface area contributed by atoms with Crippen LogP contribution in [-0.2, 0) is 20.7 Å². The largest absolute Gasteiger partial charge is 0.406 e. The molecule has 3 aliphatic heterocycles. The van der Waals surface area contributed by atoms with Crippen LogP contribution in [0, 0.1) is 38.5 Å². The minimum Gasteiger partial charge on any atom is -0.382 e. The Morgan fingerprint density at radius 2 is 1.66 bits per heavy atom. The number of hydrogen-bond acceptors (Lipinski definition) is 10. The van der Waals surface area contributed by atoms with Crippen LogP contribution in [0.25, 0.3) is 15.9 Å². The van der Waals surface area contributed by atoms with E-state index in [1.165, 1.54) is 9.44 Å². The van der Waals surface area contributed by atoms with Gasteiger partial charge in [0.1, 0.15) is 30.6 Å². The summed E-state index contributed by atoms with van der Waals surface area (Å²) in [5.74, 6) is 7.72. The second-order valence-corrected chi connectivity index (χ2v) is 24.6. The number of rotatable bonds is 14. The highest BCUT2D eigenvalue weighted by molar-refractivity contribution is 7.70. The molecule has 0 unspecified atom stereocenters. The Hall–Kier alpha value is -5.92. The van der Waals surface area contributed by atoms with E-state index >= 15 is 0 Å². The summed E-state index contributed by atoms with van der Waals surface area (Å²) in [5, 5.41) is 21.9. The highest BCUT2D eigenvalue weighted by Crippen LogP contribution is 2.40. The van der Waals surface area contributed by atoms with Crippen LogP contribution in [0.15, 0.2) is 77.8 Å². The normalized spacial score (nSPS) is 16.8. The van der Waals surface area contributed by atoms with Crippen molar-refractivity contribution in [2.75, 3.05) is 69.8 Å². The molecule has 2 amide bonds. The molecular formula is C54H61ClF3N10O3PS. The van der Waals surface area contributed by atoms with Crippen molar-refractivity contribution in [2.24, 2.45) is 10.9 Å². The molecule has 2 fully saturated rings. The zero-order chi connectivity index (χ0) is 51.6. The average molecular weight is 1050 g/mol. The number of halogens is 4. The third-order valence-corrected chi connectivity index (χ3v) is 17.2. The molecule has 9 rings (SSSR count). The number of anilines is 2. The first-order valence-electron chi connectivity index (χ1n) is 24.9. The maximum Gasteiger partial charge on any atom is 0.406 e. The SMILES string of the molecule is Cc1sc2c(c1C)C(c1ccc(Cl)cc1)=N[C@@H](CC(=O)NCCC1CCN(C(=O)CN3CCC(Nc4cccc5c4cc(C#CCNc4ccc(P(C)(C)=O)cc4)n5CC(F)(F)F)CC3)CC1)c1nnc(C)n1-2. The first kappa shape index (κ1) is 52.0. The zero-order valence-electron chi connectivity index (χ0n) is 41.8. The summed E-state index contributed by atoms with van der Waals surface area (Å²) in [6, 6.07) is 21.5. The van der Waals surface area contributed by atoms with Crippen LogP contribution in [-0.4, -0.2) is 118 Å². The summed E-state index contributed by atoms with van der Waals surface area (Å²) >= 11 is 7.94. The van der Waals surface area contributed by atoms with E-state index in [0.29, 0.717) is 66.9 Å². The fraction of sp³-hybridized carbons (Fsp3) is 0.426. The number of fused-ring (bicyclic) bond motifs is 4. The molecule has 19 heteroatoms. The van der Waals surface area contributed by atoms with Gasteiger partial charge in [0.25, 0.3) is 0 Å². The second kappa shape index (κ2) is 21.9. The predicted molar refractivity (Wildman–Crippen MR) is 287 cm³/mol. The molecule has 3 N–H and O–H groups in total. The number of hydrogen-bond donors (Lipinski definition) is 3. The molecule has 73 heavy (non-hydrogen) atoms. The van der Waals surface area contributed by atoms with Crippen LogP contribution in [0.2, 0.25) is 5.02 Å². The number of carbonyl (C=O) groups is 2. The fourth-order valence-corrected chi connectivity index (χ4v) is 12.3. The van der Waals surface area contributed by atoms with Gasteiger partial charge in [-0.15, -0.1) is 21.5 Å². The first-order chi connectivity index (χ1) is 34.9. The van der Waals surface area contributed by atoms with Gasteiger partial charge >= 0.3 is 6.18 Å². The number of aryl methyl sites for hydroxylation is 2. The molecule has 0 bridgehead atoms. The van der Waals surface area contributed by atoms with Crippen LogP contribution in [0.4, 0.5) is 24.5 Å². The van der Waals surface area contributed by atoms with E-state index in [-0.39, 0.29) is 36.5 Å². The second-order valence-electron chi connectivity index (χ2n) is 19.8. The molecule has 3 aromatic carbocycles. The fourth-order valence-electron chi connectivity index (χ4n) is 10.1. The molecule has 1 atom stereocenters. The number of nitrogens with one attached hydrogen (secondary N) is 3. The Kier molecular flexibility index (Phi) is 15.6. The summed E-state index contributed by atoms with van der Waals surface area (Å²) in [6.45, 7) is 12.2. The minimum atomic E-state index is -4.44. The lowest BCUT2D eigenvalue weighted by Crippen LogP contribution is -2.47. The van der Waals surface area contributed by atoms with Gasteiger partial charge in [-0.25, -0.2) is 0 Å². The molecule has 13 nitrogen and oxygen atoms in total. The smallest absolute Gasteiger partial charge is 0.382 e. The van der Waals surface area contributed by atoms with Crippen molar-refractivity contribution < 1.29 is 27.3 Å². The molecule has 6 aromatic rings. The van der Waals surface area contributed by atoms with Gasteiger partial charge in [0.15, 0.2) is 5.82 Å². The van der Waals surface area contributed by atoms with Crippen molar-refractivity contribution in [3.8, 4) is 16.8 Å². The molecule has 0 saturated carbocycles. The van der Waals surface area contributed by atoms with Crippen molar-refractivity contribution >= 4 is 75.2 Å². The third-order valence-electron chi connectivity index (χ3n) is 14.3. The maximum atomic E-state index is 13.9. The van der Waals surface area contributed by atoms with E-state index in [0.717, 1.165) is 82.0 Å². The summed E-state index contributed by atoms with van der Waals surface area (Å²) in [7, 11) is -2.39. The number of alkyl halides is 3. The number of piperidine rings is 2. The van der Waals surface area contributed by atoms with Crippen molar-refractivity contribution in [1.82, 2.24) is 34.4 Å². The summed E-state index contributed by atoms with van der Waals surface area (Å²) in [5.41, 5.74) is 6.12. The molecule has 3 aromatic heterocycles. The Bertz CT molecular complexity index is 3130. The van der Waals surface area contributed by atoms with Crippen LogP contribution >= 0.6 is 30.1 Å². The van der Waals surface area contributed by atoms with Gasteiger partial charge in [0.05, 0.1) is 36.4 Å². The molecule has 384 valence electrons. The van der Waals surface area contributed by atoms with Gasteiger partial charge < -0.3 is 30.0 Å². The number of amides is 2. The number of thiophene rings is 1. The Morgan fingerprint density at radius 1 is 0.932 bits per heavy atom. The molecule has 6 heterocycles. The predicted octanol–water partition coefficient (Wildman–Crippen LogP) is 9.74. The van der Waals surface area contributed by atoms with Crippen LogP contribution in [0.1, 0.15) is 83.5 Å². The van der Waals surface area contributed by atoms with Crippen molar-refractivity contribution in [2.45, 2.75) is 84.1 Å².